The normalized spacial score (nSPS) is 21.8. The molecule has 1 unspecified atom stereocenters. The Balaban J connectivity index is 2.18. The summed E-state index contributed by atoms with van der Waals surface area (Å²) in [5, 5.41) is 10.8. The van der Waals surface area contributed by atoms with Gasteiger partial charge in [0.2, 0.25) is 0 Å². The number of benzene rings is 1. The molecule has 0 radical (unpaired) electrons. The van der Waals surface area contributed by atoms with Crippen molar-refractivity contribution >= 4 is 18.1 Å². The lowest BCUT2D eigenvalue weighted by atomic mass is 9.98. The molecule has 220 valence electrons. The molecule has 0 spiro atoms. The summed E-state index contributed by atoms with van der Waals surface area (Å²) in [7, 11) is 0. The summed E-state index contributed by atoms with van der Waals surface area (Å²) < 4.78 is 43.3. The van der Waals surface area contributed by atoms with Crippen molar-refractivity contribution in [2.45, 2.75) is 51.0 Å². The predicted molar refractivity (Wildman–Crippen MR) is 141 cm³/mol. The second-order valence-electron chi connectivity index (χ2n) is 8.44. The molecular formula is C28H36O12. The highest BCUT2D eigenvalue weighted by atomic mass is 16.7. The zero-order valence-electron chi connectivity index (χ0n) is 22.7. The molecule has 0 aromatic heterocycles. The van der Waals surface area contributed by atoms with E-state index in [1.54, 1.807) is 24.3 Å². The fourth-order valence-corrected chi connectivity index (χ4v) is 3.65. The van der Waals surface area contributed by atoms with Gasteiger partial charge in [-0.3, -0.25) is 9.59 Å². The quantitative estimate of drug-likeness (QED) is 0.179. The Kier molecular flexibility index (Phi) is 13.7. The van der Waals surface area contributed by atoms with Crippen molar-refractivity contribution in [1.82, 2.24) is 0 Å². The van der Waals surface area contributed by atoms with Gasteiger partial charge < -0.3 is 43.0 Å². The number of carbonyl (C=O) groups excluding carboxylic acids is 3. The molecule has 1 aliphatic rings. The van der Waals surface area contributed by atoms with Gasteiger partial charge in [0.1, 0.15) is 38.6 Å². The smallest absolute Gasteiger partial charge is 0.486 e. The van der Waals surface area contributed by atoms with E-state index >= 15 is 0 Å². The minimum Gasteiger partial charge on any atom is -0.486 e. The van der Waals surface area contributed by atoms with Crippen LogP contribution in [0.1, 0.15) is 19.4 Å². The number of aliphatic hydroxyl groups excluding tert-OH is 1. The fourth-order valence-electron chi connectivity index (χ4n) is 3.65. The molecule has 5 atom stereocenters. The lowest BCUT2D eigenvalue weighted by Crippen LogP contribution is -2.61. The monoisotopic (exact) mass is 564 g/mol. The van der Waals surface area contributed by atoms with E-state index in [2.05, 4.69) is 19.7 Å². The van der Waals surface area contributed by atoms with Crippen molar-refractivity contribution in [3.63, 3.8) is 0 Å². The third-order valence-corrected chi connectivity index (χ3v) is 5.30. The summed E-state index contributed by atoms with van der Waals surface area (Å²) in [6.45, 7) is 13.1. The van der Waals surface area contributed by atoms with Crippen LogP contribution >= 0.6 is 0 Å². The summed E-state index contributed by atoms with van der Waals surface area (Å²) in [6, 6.07) is 5.36. The van der Waals surface area contributed by atoms with Gasteiger partial charge in [-0.05, 0) is 24.1 Å². The summed E-state index contributed by atoms with van der Waals surface area (Å²) in [4.78, 5) is 35.4. The lowest BCUT2D eigenvalue weighted by Gasteiger charge is -2.42. The van der Waals surface area contributed by atoms with Crippen molar-refractivity contribution in [3.8, 4) is 11.5 Å². The third kappa shape index (κ3) is 10.4. The molecule has 1 aromatic rings. The van der Waals surface area contributed by atoms with E-state index in [9.17, 15) is 19.5 Å². The SMILES string of the molecule is C=CCOC(=O)OC[C@H]1OC(OCCc2ccc(OCC=C)c(OCC=C)c2)[C@H](OC(C)=O)[C@@H](OC(C)=O)[C@@H]1O. The maximum absolute atomic E-state index is 11.8. The van der Waals surface area contributed by atoms with E-state index in [0.29, 0.717) is 24.5 Å². The minimum absolute atomic E-state index is 0.0635. The average molecular weight is 565 g/mol. The van der Waals surface area contributed by atoms with Crippen molar-refractivity contribution < 1.29 is 57.4 Å². The summed E-state index contributed by atoms with van der Waals surface area (Å²) in [5.74, 6) is -0.416. The second-order valence-corrected chi connectivity index (χ2v) is 8.44. The zero-order chi connectivity index (χ0) is 29.5. The number of aliphatic hydroxyl groups is 1. The van der Waals surface area contributed by atoms with Crippen LogP contribution in [0.3, 0.4) is 0 Å². The van der Waals surface area contributed by atoms with Crippen molar-refractivity contribution in [3.05, 3.63) is 61.7 Å². The molecule has 1 aliphatic heterocycles. The first kappa shape index (κ1) is 32.3. The first-order valence-electron chi connectivity index (χ1n) is 12.5. The molecule has 1 aromatic carbocycles. The van der Waals surface area contributed by atoms with Gasteiger partial charge in [-0.15, -0.1) is 0 Å². The van der Waals surface area contributed by atoms with Crippen LogP contribution < -0.4 is 9.47 Å². The first-order valence-corrected chi connectivity index (χ1v) is 12.5. The molecular weight excluding hydrogens is 528 g/mol. The highest BCUT2D eigenvalue weighted by molar-refractivity contribution is 5.67. The Morgan fingerprint density at radius 3 is 2.15 bits per heavy atom. The minimum atomic E-state index is -1.52. The van der Waals surface area contributed by atoms with Crippen LogP contribution in [0.5, 0.6) is 11.5 Å². The predicted octanol–water partition coefficient (Wildman–Crippen LogP) is 2.66. The van der Waals surface area contributed by atoms with Gasteiger partial charge in [-0.2, -0.15) is 0 Å². The van der Waals surface area contributed by atoms with Gasteiger partial charge in [-0.1, -0.05) is 44.0 Å². The Hall–Kier alpha value is -3.87. The van der Waals surface area contributed by atoms with E-state index in [1.165, 1.54) is 6.08 Å². The molecule has 2 rings (SSSR count). The molecule has 12 heteroatoms. The second kappa shape index (κ2) is 17.0. The summed E-state index contributed by atoms with van der Waals surface area (Å²) >= 11 is 0. The number of esters is 2. The van der Waals surface area contributed by atoms with Crippen LogP contribution in [0, 0.1) is 0 Å². The average Bonchev–Trinajstić information content (AvgIpc) is 2.92. The number of hydrogen-bond acceptors (Lipinski definition) is 12. The fraction of sp³-hybridized carbons (Fsp3) is 0.464. The number of rotatable bonds is 16. The van der Waals surface area contributed by atoms with Gasteiger partial charge in [-0.25, -0.2) is 4.79 Å². The molecule has 0 bridgehead atoms. The summed E-state index contributed by atoms with van der Waals surface area (Å²) in [6.07, 6.45) is -2.73. The molecule has 1 heterocycles. The highest BCUT2D eigenvalue weighted by Gasteiger charge is 2.50. The van der Waals surface area contributed by atoms with Gasteiger partial charge >= 0.3 is 18.1 Å². The highest BCUT2D eigenvalue weighted by Crippen LogP contribution is 2.30. The number of ether oxygens (including phenoxy) is 8. The van der Waals surface area contributed by atoms with Crippen molar-refractivity contribution in [2.24, 2.45) is 0 Å². The van der Waals surface area contributed by atoms with Crippen LogP contribution in [-0.2, 0) is 44.4 Å². The van der Waals surface area contributed by atoms with Crippen LogP contribution in [-0.4, -0.2) is 86.9 Å². The lowest BCUT2D eigenvalue weighted by molar-refractivity contribution is -0.305. The number of carbonyl (C=O) groups is 3. The van der Waals surface area contributed by atoms with Gasteiger partial charge in [0.25, 0.3) is 0 Å². The maximum atomic E-state index is 11.8. The first-order chi connectivity index (χ1) is 19.2. The van der Waals surface area contributed by atoms with Gasteiger partial charge in [0.05, 0.1) is 6.61 Å². The van der Waals surface area contributed by atoms with Gasteiger partial charge in [0, 0.05) is 13.8 Å². The van der Waals surface area contributed by atoms with E-state index in [0.717, 1.165) is 19.4 Å². The van der Waals surface area contributed by atoms with Crippen molar-refractivity contribution in [1.29, 1.82) is 0 Å². The molecule has 12 nitrogen and oxygen atoms in total. The zero-order valence-corrected chi connectivity index (χ0v) is 22.7. The number of hydrogen-bond donors (Lipinski definition) is 1. The van der Waals surface area contributed by atoms with E-state index < -0.39 is 55.4 Å². The molecule has 40 heavy (non-hydrogen) atoms. The van der Waals surface area contributed by atoms with E-state index in [4.69, 9.17) is 37.9 Å². The molecule has 1 fully saturated rings. The molecule has 0 amide bonds. The Bertz CT molecular complexity index is 1020. The van der Waals surface area contributed by atoms with Gasteiger partial charge in [0.15, 0.2) is 30.0 Å². The van der Waals surface area contributed by atoms with E-state index in [-0.39, 0.29) is 19.8 Å². The third-order valence-electron chi connectivity index (χ3n) is 5.30. The Morgan fingerprint density at radius 1 is 0.900 bits per heavy atom. The molecule has 0 aliphatic carbocycles. The van der Waals surface area contributed by atoms with Crippen LogP contribution in [0.4, 0.5) is 4.79 Å². The largest absolute Gasteiger partial charge is 0.508 e. The molecule has 1 saturated heterocycles. The van der Waals surface area contributed by atoms with Crippen LogP contribution in [0.15, 0.2) is 56.2 Å². The van der Waals surface area contributed by atoms with E-state index in [1.807, 2.05) is 6.07 Å². The maximum Gasteiger partial charge on any atom is 0.508 e. The Morgan fingerprint density at radius 2 is 1.52 bits per heavy atom. The molecule has 0 saturated carbocycles. The summed E-state index contributed by atoms with van der Waals surface area (Å²) in [5.41, 5.74) is 0.825. The van der Waals surface area contributed by atoms with Crippen molar-refractivity contribution in [2.75, 3.05) is 33.0 Å². The van der Waals surface area contributed by atoms with Crippen LogP contribution in [0.2, 0.25) is 0 Å². The standard InChI is InChI=1S/C28H36O12/c1-6-12-33-21-10-9-20(16-22(21)34-13-7-2)11-15-35-27-26(39-19(5)30)25(38-18(4)29)24(31)23(40-27)17-37-28(32)36-14-8-3/h6-10,16,23-27,31H,1-3,11-15,17H2,4-5H3/t23-,24-,25+,26-,27?/m1/s1. The Labute approximate surface area is 233 Å². The molecule has 1 N–H and O–H groups in total. The topological polar surface area (TPSA) is 145 Å². The van der Waals surface area contributed by atoms with Crippen LogP contribution in [0.25, 0.3) is 0 Å².